The van der Waals surface area contributed by atoms with Crippen LogP contribution in [0.25, 0.3) is 0 Å². The molecule has 0 saturated heterocycles. The molecular weight excluding hydrogens is 921 g/mol. The van der Waals surface area contributed by atoms with Gasteiger partial charge in [-0.2, -0.15) is 0 Å². The van der Waals surface area contributed by atoms with Gasteiger partial charge in [-0.25, -0.2) is 0 Å². The maximum Gasteiger partial charge on any atom is 0.306 e. The minimum atomic E-state index is -0.776. The van der Waals surface area contributed by atoms with Crippen LogP contribution < -0.4 is 0 Å². The maximum absolute atomic E-state index is 12.3. The number of rotatable bonds is 58. The number of aliphatic hydroxyl groups is 1. The van der Waals surface area contributed by atoms with Crippen molar-refractivity contribution in [3.05, 3.63) is 109 Å². The third kappa shape index (κ3) is 63.0. The molecule has 75 heavy (non-hydrogen) atoms. The van der Waals surface area contributed by atoms with Crippen LogP contribution in [0.3, 0.4) is 0 Å². The number of carbonyl (C=O) groups is 2. The number of unbranched alkanes of at least 4 members (excludes halogenated alkanes) is 32. The van der Waals surface area contributed by atoms with Gasteiger partial charge in [0.25, 0.3) is 0 Å². The Morgan fingerprint density at radius 1 is 0.320 bits per heavy atom. The predicted octanol–water partition coefficient (Wildman–Crippen LogP) is 22.0. The van der Waals surface area contributed by atoms with Gasteiger partial charge in [0.15, 0.2) is 6.10 Å². The second-order valence-corrected chi connectivity index (χ2v) is 21.1. The normalized spacial score (nSPS) is 12.9. The summed E-state index contributed by atoms with van der Waals surface area (Å²) in [6, 6.07) is 0. The molecule has 0 fully saturated rings. The largest absolute Gasteiger partial charge is 0.462 e. The molecule has 0 aromatic heterocycles. The fourth-order valence-electron chi connectivity index (χ4n) is 9.08. The molecule has 0 saturated carbocycles. The van der Waals surface area contributed by atoms with Crippen LogP contribution in [-0.4, -0.2) is 36.4 Å². The Hall–Kier alpha value is -3.44. The molecule has 1 unspecified atom stereocenters. The molecular formula is C70H120O5. The molecule has 0 aromatic rings. The second-order valence-electron chi connectivity index (χ2n) is 21.1. The summed E-state index contributed by atoms with van der Waals surface area (Å²) in [5.74, 6) is -0.582. The first-order chi connectivity index (χ1) is 37.1. The summed E-state index contributed by atoms with van der Waals surface area (Å²) in [5.41, 5.74) is 0. The van der Waals surface area contributed by atoms with E-state index in [0.29, 0.717) is 12.8 Å². The Balaban J connectivity index is 3.51. The van der Waals surface area contributed by atoms with Crippen LogP contribution in [-0.2, 0) is 19.1 Å². The Labute approximate surface area is 465 Å². The highest BCUT2D eigenvalue weighted by molar-refractivity contribution is 5.70. The zero-order chi connectivity index (χ0) is 54.1. The first-order valence-electron chi connectivity index (χ1n) is 31.9. The van der Waals surface area contributed by atoms with Crippen molar-refractivity contribution in [3.63, 3.8) is 0 Å². The van der Waals surface area contributed by atoms with E-state index in [4.69, 9.17) is 9.47 Å². The standard InChI is InChI=1S/C70H120O5/c1-3-5-7-9-11-13-15-17-19-21-23-25-26-27-28-29-30-31-32-33-34-35-36-37-38-39-40-41-42-43-44-45-47-49-51-53-55-57-59-61-63-65-70(73)75-68(66-71)67-74-69(72)64-62-60-58-56-54-52-50-48-46-24-22-20-18-16-14-12-10-8-6-4-2/h5,7,11,13,17,19,23,25,27-28,30-31,33-34,36-37,39-40,68,71H,3-4,6,8-10,12,14-16,18,20-22,24,26,29,32,35,38,41-67H2,1-2H3/b7-5-,13-11-,19-17-,25-23-,28-27-,31-30-,34-33-,37-36-,40-39-. The van der Waals surface area contributed by atoms with Crippen LogP contribution >= 0.6 is 0 Å². The number of allylic oxidation sites excluding steroid dienone is 18. The first-order valence-corrected chi connectivity index (χ1v) is 31.9. The van der Waals surface area contributed by atoms with Crippen molar-refractivity contribution in [3.8, 4) is 0 Å². The van der Waals surface area contributed by atoms with Crippen LogP contribution in [0.1, 0.15) is 303 Å². The summed E-state index contributed by atoms with van der Waals surface area (Å²) in [5, 5.41) is 9.67. The third-order valence-corrected chi connectivity index (χ3v) is 13.8. The zero-order valence-electron chi connectivity index (χ0n) is 49.3. The summed E-state index contributed by atoms with van der Waals surface area (Å²) >= 11 is 0. The van der Waals surface area contributed by atoms with Crippen molar-refractivity contribution in [1.29, 1.82) is 0 Å². The summed E-state index contributed by atoms with van der Waals surface area (Å²) in [7, 11) is 0. The van der Waals surface area contributed by atoms with Gasteiger partial charge < -0.3 is 14.6 Å². The maximum atomic E-state index is 12.3. The molecule has 430 valence electrons. The lowest BCUT2D eigenvalue weighted by Gasteiger charge is -2.15. The van der Waals surface area contributed by atoms with E-state index in [1.54, 1.807) is 0 Å². The van der Waals surface area contributed by atoms with E-state index >= 15 is 0 Å². The van der Waals surface area contributed by atoms with E-state index < -0.39 is 6.10 Å². The Bertz CT molecular complexity index is 1460. The Morgan fingerprint density at radius 2 is 0.573 bits per heavy atom. The van der Waals surface area contributed by atoms with E-state index in [9.17, 15) is 14.7 Å². The lowest BCUT2D eigenvalue weighted by molar-refractivity contribution is -0.161. The van der Waals surface area contributed by atoms with Crippen molar-refractivity contribution in [2.24, 2.45) is 0 Å². The number of esters is 2. The molecule has 0 radical (unpaired) electrons. The first kappa shape index (κ1) is 71.6. The van der Waals surface area contributed by atoms with Gasteiger partial charge in [-0.15, -0.1) is 0 Å². The fraction of sp³-hybridized carbons (Fsp3) is 0.714. The topological polar surface area (TPSA) is 72.8 Å². The summed E-state index contributed by atoms with van der Waals surface area (Å²) in [4.78, 5) is 24.6. The number of ether oxygens (including phenoxy) is 2. The van der Waals surface area contributed by atoms with Gasteiger partial charge in [0.2, 0.25) is 0 Å². The SMILES string of the molecule is CC/C=C\C/C=C\C/C=C\C/C=C\C/C=C\C/C=C\C/C=C\C/C=C\C/C=C\CCCCCCCCCCCCCCCC(=O)OC(CO)COC(=O)CCCCCCCCCCCCCCCCCCCCCC. The van der Waals surface area contributed by atoms with Crippen LogP contribution in [0, 0.1) is 0 Å². The molecule has 5 nitrogen and oxygen atoms in total. The van der Waals surface area contributed by atoms with E-state index in [1.807, 2.05) is 0 Å². The van der Waals surface area contributed by atoms with E-state index in [1.165, 1.54) is 180 Å². The lowest BCUT2D eigenvalue weighted by atomic mass is 10.0. The molecule has 0 heterocycles. The predicted molar refractivity (Wildman–Crippen MR) is 329 cm³/mol. The zero-order valence-corrected chi connectivity index (χ0v) is 49.3. The average Bonchev–Trinajstić information content (AvgIpc) is 3.41. The second kappa shape index (κ2) is 64.8. The highest BCUT2D eigenvalue weighted by atomic mass is 16.6. The monoisotopic (exact) mass is 1040 g/mol. The highest BCUT2D eigenvalue weighted by Gasteiger charge is 2.16. The van der Waals surface area contributed by atoms with Gasteiger partial charge in [0.05, 0.1) is 6.61 Å². The Morgan fingerprint density at radius 3 is 0.867 bits per heavy atom. The van der Waals surface area contributed by atoms with Gasteiger partial charge in [0.1, 0.15) is 6.61 Å². The van der Waals surface area contributed by atoms with Crippen molar-refractivity contribution in [2.75, 3.05) is 13.2 Å². The van der Waals surface area contributed by atoms with Crippen LogP contribution in [0.15, 0.2) is 109 Å². The van der Waals surface area contributed by atoms with E-state index in [0.717, 1.165) is 96.3 Å². The third-order valence-electron chi connectivity index (χ3n) is 13.8. The van der Waals surface area contributed by atoms with Crippen molar-refractivity contribution < 1.29 is 24.2 Å². The van der Waals surface area contributed by atoms with Crippen LogP contribution in [0.2, 0.25) is 0 Å². The van der Waals surface area contributed by atoms with E-state index in [2.05, 4.69) is 123 Å². The van der Waals surface area contributed by atoms with Gasteiger partial charge in [0, 0.05) is 12.8 Å². The molecule has 0 aliphatic carbocycles. The van der Waals surface area contributed by atoms with Gasteiger partial charge >= 0.3 is 11.9 Å². The summed E-state index contributed by atoms with van der Waals surface area (Å²) < 4.78 is 10.7. The van der Waals surface area contributed by atoms with E-state index in [-0.39, 0.29) is 25.2 Å². The number of hydrogen-bond acceptors (Lipinski definition) is 5. The lowest BCUT2D eigenvalue weighted by Crippen LogP contribution is -2.28. The molecule has 0 aromatic carbocycles. The van der Waals surface area contributed by atoms with Gasteiger partial charge in [-0.05, 0) is 83.5 Å². The molecule has 0 aliphatic rings. The van der Waals surface area contributed by atoms with Gasteiger partial charge in [-0.3, -0.25) is 9.59 Å². The molecule has 5 heteroatoms. The highest BCUT2D eigenvalue weighted by Crippen LogP contribution is 2.17. The number of hydrogen-bond donors (Lipinski definition) is 1. The average molecular weight is 1040 g/mol. The summed E-state index contributed by atoms with van der Waals surface area (Å²) in [6.45, 7) is 4.06. The molecule has 0 spiro atoms. The molecule has 0 bridgehead atoms. The van der Waals surface area contributed by atoms with Crippen molar-refractivity contribution >= 4 is 11.9 Å². The van der Waals surface area contributed by atoms with Gasteiger partial charge in [-0.1, -0.05) is 316 Å². The minimum absolute atomic E-state index is 0.0658. The molecule has 1 atom stereocenters. The Kier molecular flexibility index (Phi) is 61.9. The minimum Gasteiger partial charge on any atom is -0.462 e. The quantitative estimate of drug-likeness (QED) is 0.0373. The number of carbonyl (C=O) groups excluding carboxylic acids is 2. The van der Waals surface area contributed by atoms with Crippen molar-refractivity contribution in [1.82, 2.24) is 0 Å². The number of aliphatic hydroxyl groups excluding tert-OH is 1. The summed E-state index contributed by atoms with van der Waals surface area (Å²) in [6.07, 6.45) is 93.7. The van der Waals surface area contributed by atoms with Crippen LogP contribution in [0.5, 0.6) is 0 Å². The van der Waals surface area contributed by atoms with Crippen LogP contribution in [0.4, 0.5) is 0 Å². The molecule has 0 aliphatic heterocycles. The smallest absolute Gasteiger partial charge is 0.306 e. The molecule has 0 amide bonds. The molecule has 0 rings (SSSR count). The fourth-order valence-corrected chi connectivity index (χ4v) is 9.08. The molecule has 1 N–H and O–H groups in total. The van der Waals surface area contributed by atoms with Crippen molar-refractivity contribution in [2.45, 2.75) is 309 Å².